The van der Waals surface area contributed by atoms with Gasteiger partial charge in [0.15, 0.2) is 17.3 Å². The summed E-state index contributed by atoms with van der Waals surface area (Å²) in [5.41, 5.74) is 7.39. The third kappa shape index (κ3) is 2.74. The molecule has 124 valence electrons. The summed E-state index contributed by atoms with van der Waals surface area (Å²) in [4.78, 5) is 27.3. The van der Waals surface area contributed by atoms with Crippen molar-refractivity contribution in [1.29, 1.82) is 0 Å². The van der Waals surface area contributed by atoms with Gasteiger partial charge in [-0.1, -0.05) is 18.2 Å². The SMILES string of the molecule is Nc1cc2c(cc1C(=O)/C=C/c1cc3ccccc3[nH]c1=O)OCO2. The second-order valence-electron chi connectivity index (χ2n) is 5.63. The molecule has 0 saturated carbocycles. The number of allylic oxidation sites excluding steroid dienone is 1. The molecule has 1 aliphatic heterocycles. The Hall–Kier alpha value is -3.54. The zero-order valence-corrected chi connectivity index (χ0v) is 13.1. The van der Waals surface area contributed by atoms with Gasteiger partial charge in [0.05, 0.1) is 0 Å². The van der Waals surface area contributed by atoms with Crippen LogP contribution >= 0.6 is 0 Å². The number of nitrogens with one attached hydrogen (secondary N) is 1. The number of nitrogen functional groups attached to an aromatic ring is 1. The Bertz CT molecular complexity index is 1080. The first kappa shape index (κ1) is 15.0. The fraction of sp³-hybridized carbons (Fsp3) is 0.0526. The molecule has 0 unspecified atom stereocenters. The van der Waals surface area contributed by atoms with E-state index in [1.807, 2.05) is 24.3 Å². The second kappa shape index (κ2) is 5.83. The molecule has 6 heteroatoms. The summed E-state index contributed by atoms with van der Waals surface area (Å²) in [5.74, 6) is 0.682. The van der Waals surface area contributed by atoms with E-state index in [0.717, 1.165) is 10.9 Å². The number of H-pyrrole nitrogens is 1. The lowest BCUT2D eigenvalue weighted by molar-refractivity contribution is 0.104. The number of ketones is 1. The Labute approximate surface area is 142 Å². The highest BCUT2D eigenvalue weighted by atomic mass is 16.7. The van der Waals surface area contributed by atoms with Crippen molar-refractivity contribution in [3.63, 3.8) is 0 Å². The fourth-order valence-corrected chi connectivity index (χ4v) is 2.71. The lowest BCUT2D eigenvalue weighted by atomic mass is 10.1. The van der Waals surface area contributed by atoms with E-state index in [2.05, 4.69) is 4.98 Å². The first-order chi connectivity index (χ1) is 12.1. The van der Waals surface area contributed by atoms with Crippen LogP contribution in [0.15, 0.2) is 53.3 Å². The molecule has 0 spiro atoms. The van der Waals surface area contributed by atoms with Crippen LogP contribution in [0.5, 0.6) is 11.5 Å². The molecule has 2 heterocycles. The first-order valence-corrected chi connectivity index (χ1v) is 7.65. The molecule has 6 nitrogen and oxygen atoms in total. The van der Waals surface area contributed by atoms with E-state index in [1.54, 1.807) is 18.2 Å². The lowest BCUT2D eigenvalue weighted by Crippen LogP contribution is -2.09. The summed E-state index contributed by atoms with van der Waals surface area (Å²) < 4.78 is 10.5. The summed E-state index contributed by atoms with van der Waals surface area (Å²) in [7, 11) is 0. The highest BCUT2D eigenvalue weighted by Gasteiger charge is 2.18. The topological polar surface area (TPSA) is 94.4 Å². The quantitative estimate of drug-likeness (QED) is 0.436. The van der Waals surface area contributed by atoms with E-state index in [9.17, 15) is 9.59 Å². The number of hydrogen-bond acceptors (Lipinski definition) is 5. The van der Waals surface area contributed by atoms with Crippen LogP contribution in [-0.4, -0.2) is 17.6 Å². The standard InChI is InChI=1S/C19H14N2O4/c20-14-9-18-17(24-10-25-18)8-13(14)16(22)6-5-12-7-11-3-1-2-4-15(11)21-19(12)23/h1-9H,10,20H2,(H,21,23)/b6-5+. The van der Waals surface area contributed by atoms with E-state index in [0.29, 0.717) is 28.3 Å². The van der Waals surface area contributed by atoms with Crippen molar-refractivity contribution in [3.8, 4) is 11.5 Å². The predicted molar refractivity (Wildman–Crippen MR) is 94.9 cm³/mol. The van der Waals surface area contributed by atoms with Crippen molar-refractivity contribution in [3.05, 3.63) is 70.0 Å². The highest BCUT2D eigenvalue weighted by molar-refractivity contribution is 6.10. The Balaban J connectivity index is 1.67. The molecule has 3 N–H and O–H groups in total. The number of para-hydroxylation sites is 1. The molecule has 0 fully saturated rings. The van der Waals surface area contributed by atoms with Gasteiger partial charge in [-0.25, -0.2) is 0 Å². The van der Waals surface area contributed by atoms with E-state index >= 15 is 0 Å². The largest absolute Gasteiger partial charge is 0.454 e. The molecule has 0 bridgehead atoms. The van der Waals surface area contributed by atoms with Crippen molar-refractivity contribution in [2.24, 2.45) is 0 Å². The van der Waals surface area contributed by atoms with Gasteiger partial charge in [-0.2, -0.15) is 0 Å². The van der Waals surface area contributed by atoms with Gasteiger partial charge in [-0.15, -0.1) is 0 Å². The Morgan fingerprint density at radius 1 is 1.12 bits per heavy atom. The summed E-state index contributed by atoms with van der Waals surface area (Å²) in [6.07, 6.45) is 2.81. The number of anilines is 1. The molecule has 3 aromatic rings. The molecule has 1 aromatic heterocycles. The number of aromatic nitrogens is 1. The number of carbonyl (C=O) groups is 1. The molecular weight excluding hydrogens is 320 g/mol. The lowest BCUT2D eigenvalue weighted by Gasteiger charge is -2.04. The van der Waals surface area contributed by atoms with Crippen molar-refractivity contribution in [2.75, 3.05) is 12.5 Å². The van der Waals surface area contributed by atoms with Crippen LogP contribution < -0.4 is 20.8 Å². The summed E-state index contributed by atoms with van der Waals surface area (Å²) in [6, 6.07) is 12.3. The van der Waals surface area contributed by atoms with Crippen LogP contribution in [0.25, 0.3) is 17.0 Å². The van der Waals surface area contributed by atoms with E-state index in [1.165, 1.54) is 12.2 Å². The van der Waals surface area contributed by atoms with Gasteiger partial charge >= 0.3 is 0 Å². The number of fused-ring (bicyclic) bond motifs is 2. The molecule has 0 radical (unpaired) electrons. The monoisotopic (exact) mass is 334 g/mol. The minimum absolute atomic E-state index is 0.106. The fourth-order valence-electron chi connectivity index (χ4n) is 2.71. The zero-order valence-electron chi connectivity index (χ0n) is 13.1. The smallest absolute Gasteiger partial charge is 0.255 e. The Morgan fingerprint density at radius 2 is 1.88 bits per heavy atom. The summed E-state index contributed by atoms with van der Waals surface area (Å²) in [6.45, 7) is 0.106. The van der Waals surface area contributed by atoms with E-state index in [-0.39, 0.29) is 18.1 Å². The van der Waals surface area contributed by atoms with Gasteiger partial charge in [0.25, 0.3) is 5.56 Å². The molecule has 2 aromatic carbocycles. The van der Waals surface area contributed by atoms with Crippen LogP contribution in [0.1, 0.15) is 15.9 Å². The van der Waals surface area contributed by atoms with E-state index in [4.69, 9.17) is 15.2 Å². The number of hydrogen-bond donors (Lipinski definition) is 2. The van der Waals surface area contributed by atoms with Gasteiger partial charge in [0, 0.05) is 28.4 Å². The average Bonchev–Trinajstić information content (AvgIpc) is 3.06. The van der Waals surface area contributed by atoms with Gasteiger partial charge < -0.3 is 20.2 Å². The maximum Gasteiger partial charge on any atom is 0.255 e. The normalized spacial score (nSPS) is 12.8. The average molecular weight is 334 g/mol. The summed E-state index contributed by atoms with van der Waals surface area (Å²) >= 11 is 0. The zero-order chi connectivity index (χ0) is 17.4. The van der Waals surface area contributed by atoms with Gasteiger partial charge in [0.1, 0.15) is 0 Å². The van der Waals surface area contributed by atoms with Gasteiger partial charge in [-0.3, -0.25) is 9.59 Å². The van der Waals surface area contributed by atoms with Crippen LogP contribution in [0.2, 0.25) is 0 Å². The van der Waals surface area contributed by atoms with Crippen LogP contribution in [-0.2, 0) is 0 Å². The van der Waals surface area contributed by atoms with Crippen molar-refractivity contribution < 1.29 is 14.3 Å². The third-order valence-corrected chi connectivity index (χ3v) is 4.01. The predicted octanol–water partition coefficient (Wildman–Crippen LogP) is 2.74. The van der Waals surface area contributed by atoms with E-state index < -0.39 is 0 Å². The molecule has 0 aliphatic carbocycles. The first-order valence-electron chi connectivity index (χ1n) is 7.65. The van der Waals surface area contributed by atoms with Gasteiger partial charge in [-0.05, 0) is 35.7 Å². The van der Waals surface area contributed by atoms with Gasteiger partial charge in [0.2, 0.25) is 6.79 Å². The molecule has 0 saturated heterocycles. The van der Waals surface area contributed by atoms with Crippen LogP contribution in [0.3, 0.4) is 0 Å². The molecular formula is C19H14N2O4. The highest BCUT2D eigenvalue weighted by Crippen LogP contribution is 2.36. The molecule has 4 rings (SSSR count). The molecule has 25 heavy (non-hydrogen) atoms. The summed E-state index contributed by atoms with van der Waals surface area (Å²) in [5, 5.41) is 0.886. The number of rotatable bonds is 3. The Kier molecular flexibility index (Phi) is 3.50. The third-order valence-electron chi connectivity index (χ3n) is 4.01. The number of ether oxygens (including phenoxy) is 2. The number of nitrogens with two attached hydrogens (primary N) is 1. The molecule has 1 aliphatic rings. The van der Waals surface area contributed by atoms with Crippen LogP contribution in [0, 0.1) is 0 Å². The van der Waals surface area contributed by atoms with Crippen molar-refractivity contribution >= 4 is 28.4 Å². The second-order valence-corrected chi connectivity index (χ2v) is 5.63. The number of aromatic amines is 1. The maximum absolute atomic E-state index is 12.4. The van der Waals surface area contributed by atoms with Crippen LogP contribution in [0.4, 0.5) is 5.69 Å². The minimum Gasteiger partial charge on any atom is -0.454 e. The number of pyridine rings is 1. The maximum atomic E-state index is 12.4. The Morgan fingerprint density at radius 3 is 2.72 bits per heavy atom. The van der Waals surface area contributed by atoms with Crippen molar-refractivity contribution in [1.82, 2.24) is 4.98 Å². The number of benzene rings is 2. The van der Waals surface area contributed by atoms with Crippen molar-refractivity contribution in [2.45, 2.75) is 0 Å². The number of carbonyl (C=O) groups excluding carboxylic acids is 1. The molecule has 0 atom stereocenters. The molecule has 0 amide bonds. The minimum atomic E-state index is -0.316.